The first-order valence-corrected chi connectivity index (χ1v) is 3.79. The molecule has 12 heavy (non-hydrogen) atoms. The highest BCUT2D eigenvalue weighted by Crippen LogP contribution is 2.10. The quantitative estimate of drug-likeness (QED) is 0.653. The smallest absolute Gasteiger partial charge is 0.248 e. The van der Waals surface area contributed by atoms with Crippen LogP contribution in [0.25, 0.3) is 0 Å². The number of hydrogen-bond donors (Lipinski definition) is 2. The van der Waals surface area contributed by atoms with Gasteiger partial charge in [-0.2, -0.15) is 0 Å². The van der Waals surface area contributed by atoms with E-state index in [-0.39, 0.29) is 11.6 Å². The zero-order chi connectivity index (χ0) is 8.97. The number of pyridine rings is 1. The van der Waals surface area contributed by atoms with E-state index in [2.05, 4.69) is 11.6 Å². The predicted molar refractivity (Wildman–Crippen MR) is 48.8 cm³/mol. The molecule has 3 nitrogen and oxygen atoms in total. The Bertz CT molecular complexity index is 316. The van der Waals surface area contributed by atoms with Gasteiger partial charge in [-0.05, 0) is 18.1 Å². The normalized spacial score (nSPS) is 12.4. The SMILES string of the molecule is C=CCC(N)c1cc[nH]c(=O)c1. The second-order valence-corrected chi connectivity index (χ2v) is 2.62. The van der Waals surface area contributed by atoms with Gasteiger partial charge in [0, 0.05) is 18.3 Å². The Labute approximate surface area is 70.9 Å². The van der Waals surface area contributed by atoms with E-state index in [0.29, 0.717) is 6.42 Å². The predicted octanol–water partition coefficient (Wildman–Crippen LogP) is 0.951. The lowest BCUT2D eigenvalue weighted by Gasteiger charge is -2.07. The molecule has 0 aliphatic rings. The highest BCUT2D eigenvalue weighted by molar-refractivity contribution is 5.15. The van der Waals surface area contributed by atoms with Crippen LogP contribution in [-0.2, 0) is 0 Å². The van der Waals surface area contributed by atoms with E-state index in [1.807, 2.05) is 0 Å². The van der Waals surface area contributed by atoms with E-state index >= 15 is 0 Å². The first-order chi connectivity index (χ1) is 5.74. The molecule has 1 aromatic rings. The van der Waals surface area contributed by atoms with Gasteiger partial charge in [0.1, 0.15) is 0 Å². The van der Waals surface area contributed by atoms with Crippen molar-refractivity contribution in [1.82, 2.24) is 4.98 Å². The van der Waals surface area contributed by atoms with Crippen molar-refractivity contribution in [3.8, 4) is 0 Å². The molecule has 0 radical (unpaired) electrons. The fraction of sp³-hybridized carbons (Fsp3) is 0.222. The maximum atomic E-state index is 10.9. The topological polar surface area (TPSA) is 58.9 Å². The van der Waals surface area contributed by atoms with Gasteiger partial charge in [0.25, 0.3) is 0 Å². The zero-order valence-electron chi connectivity index (χ0n) is 6.79. The molecule has 3 N–H and O–H groups in total. The Morgan fingerprint density at radius 1 is 1.75 bits per heavy atom. The number of hydrogen-bond acceptors (Lipinski definition) is 2. The van der Waals surface area contributed by atoms with Gasteiger partial charge in [0.2, 0.25) is 5.56 Å². The summed E-state index contributed by atoms with van der Waals surface area (Å²) in [6.07, 6.45) is 4.02. The summed E-state index contributed by atoms with van der Waals surface area (Å²) in [5, 5.41) is 0. The minimum Gasteiger partial charge on any atom is -0.329 e. The van der Waals surface area contributed by atoms with Crippen LogP contribution < -0.4 is 11.3 Å². The summed E-state index contributed by atoms with van der Waals surface area (Å²) < 4.78 is 0. The van der Waals surface area contributed by atoms with E-state index in [9.17, 15) is 4.79 Å². The summed E-state index contributed by atoms with van der Waals surface area (Å²) in [4.78, 5) is 13.4. The minimum absolute atomic E-state index is 0.119. The van der Waals surface area contributed by atoms with Gasteiger partial charge in [-0.1, -0.05) is 6.08 Å². The number of nitrogens with one attached hydrogen (secondary N) is 1. The minimum atomic E-state index is -0.121. The highest BCUT2D eigenvalue weighted by Gasteiger charge is 2.02. The molecule has 1 aromatic heterocycles. The fourth-order valence-corrected chi connectivity index (χ4v) is 1.01. The summed E-state index contributed by atoms with van der Waals surface area (Å²) >= 11 is 0. The van der Waals surface area contributed by atoms with E-state index in [4.69, 9.17) is 5.73 Å². The van der Waals surface area contributed by atoms with Crippen LogP contribution in [0.5, 0.6) is 0 Å². The zero-order valence-corrected chi connectivity index (χ0v) is 6.79. The second kappa shape index (κ2) is 3.88. The van der Waals surface area contributed by atoms with Gasteiger partial charge in [0.15, 0.2) is 0 Å². The fourth-order valence-electron chi connectivity index (χ4n) is 1.01. The van der Waals surface area contributed by atoms with Crippen LogP contribution in [-0.4, -0.2) is 4.98 Å². The lowest BCUT2D eigenvalue weighted by Crippen LogP contribution is -2.13. The first-order valence-electron chi connectivity index (χ1n) is 3.79. The lowest BCUT2D eigenvalue weighted by molar-refractivity contribution is 0.738. The first kappa shape index (κ1) is 8.74. The van der Waals surface area contributed by atoms with Crippen molar-refractivity contribution >= 4 is 0 Å². The molecule has 1 unspecified atom stereocenters. The number of aromatic amines is 1. The number of H-pyrrole nitrogens is 1. The Balaban J connectivity index is 2.87. The van der Waals surface area contributed by atoms with Crippen molar-refractivity contribution in [2.45, 2.75) is 12.5 Å². The monoisotopic (exact) mass is 164 g/mol. The van der Waals surface area contributed by atoms with Gasteiger partial charge >= 0.3 is 0 Å². The largest absolute Gasteiger partial charge is 0.329 e. The van der Waals surface area contributed by atoms with Crippen molar-refractivity contribution in [2.24, 2.45) is 5.73 Å². The van der Waals surface area contributed by atoms with Gasteiger partial charge < -0.3 is 10.7 Å². The molecule has 3 heteroatoms. The molecule has 1 atom stereocenters. The van der Waals surface area contributed by atoms with Crippen molar-refractivity contribution in [2.75, 3.05) is 0 Å². The van der Waals surface area contributed by atoms with E-state index < -0.39 is 0 Å². The average molecular weight is 164 g/mol. The van der Waals surface area contributed by atoms with Crippen LogP contribution in [0.3, 0.4) is 0 Å². The Hall–Kier alpha value is -1.35. The van der Waals surface area contributed by atoms with Crippen molar-refractivity contribution in [3.05, 3.63) is 46.9 Å². The van der Waals surface area contributed by atoms with Crippen LogP contribution in [0.1, 0.15) is 18.0 Å². The second-order valence-electron chi connectivity index (χ2n) is 2.62. The van der Waals surface area contributed by atoms with Gasteiger partial charge in [-0.25, -0.2) is 0 Å². The molecule has 0 saturated carbocycles. The van der Waals surface area contributed by atoms with E-state index in [1.165, 1.54) is 6.07 Å². The summed E-state index contributed by atoms with van der Waals surface area (Å²) in [6.45, 7) is 3.58. The standard InChI is InChI=1S/C9H12N2O/c1-2-3-8(10)7-4-5-11-9(12)6-7/h2,4-6,8H,1,3,10H2,(H,11,12). The summed E-state index contributed by atoms with van der Waals surface area (Å²) in [7, 11) is 0. The third kappa shape index (κ3) is 2.07. The molecule has 0 aliphatic heterocycles. The van der Waals surface area contributed by atoms with Crippen LogP contribution in [0.4, 0.5) is 0 Å². The lowest BCUT2D eigenvalue weighted by atomic mass is 10.1. The van der Waals surface area contributed by atoms with Crippen LogP contribution >= 0.6 is 0 Å². The molecule has 0 aliphatic carbocycles. The Kier molecular flexibility index (Phi) is 2.82. The number of nitrogens with two attached hydrogens (primary N) is 1. The molecule has 1 heterocycles. The maximum absolute atomic E-state index is 10.9. The third-order valence-electron chi connectivity index (χ3n) is 1.65. The molecule has 0 bridgehead atoms. The highest BCUT2D eigenvalue weighted by atomic mass is 16.1. The van der Waals surface area contributed by atoms with Crippen LogP contribution in [0.2, 0.25) is 0 Å². The van der Waals surface area contributed by atoms with E-state index in [0.717, 1.165) is 5.56 Å². The van der Waals surface area contributed by atoms with Gasteiger partial charge in [-0.3, -0.25) is 4.79 Å². The maximum Gasteiger partial charge on any atom is 0.248 e. The van der Waals surface area contributed by atoms with E-state index in [1.54, 1.807) is 18.3 Å². The number of rotatable bonds is 3. The Morgan fingerprint density at radius 2 is 2.50 bits per heavy atom. The molecule has 0 aromatic carbocycles. The third-order valence-corrected chi connectivity index (χ3v) is 1.65. The van der Waals surface area contributed by atoms with Crippen LogP contribution in [0.15, 0.2) is 35.8 Å². The average Bonchev–Trinajstić information content (AvgIpc) is 2.05. The van der Waals surface area contributed by atoms with Crippen molar-refractivity contribution in [1.29, 1.82) is 0 Å². The summed E-state index contributed by atoms with van der Waals surface area (Å²) in [5.74, 6) is 0. The molecule has 0 spiro atoms. The summed E-state index contributed by atoms with van der Waals surface area (Å²) in [5.41, 5.74) is 6.48. The molecule has 0 saturated heterocycles. The molecular weight excluding hydrogens is 152 g/mol. The van der Waals surface area contributed by atoms with Gasteiger partial charge in [-0.15, -0.1) is 6.58 Å². The molecular formula is C9H12N2O. The Morgan fingerprint density at radius 3 is 3.08 bits per heavy atom. The molecule has 1 rings (SSSR count). The molecule has 0 fully saturated rings. The summed E-state index contributed by atoms with van der Waals surface area (Å²) in [6, 6.07) is 3.19. The van der Waals surface area contributed by atoms with Crippen molar-refractivity contribution < 1.29 is 0 Å². The van der Waals surface area contributed by atoms with Gasteiger partial charge in [0.05, 0.1) is 0 Å². The number of aromatic nitrogens is 1. The molecule has 64 valence electrons. The van der Waals surface area contributed by atoms with Crippen LogP contribution in [0, 0.1) is 0 Å². The molecule has 0 amide bonds. The van der Waals surface area contributed by atoms with Crippen molar-refractivity contribution in [3.63, 3.8) is 0 Å².